The standard InChI is InChI=1S/C38H43FN6O3/c1-36-18-24-20-40-45(28-12-8-26(39)9-13-28)32(24)17-25(36)7-14-29-30-15-16-38(48,37(30,2)19-33(46)35(29)36)34(47)22-44-21-31(41-42-44)23-5-10-27(11-6-23)43(3)4/h5-6,8-13,17,20-21,29-30,33,35,46,48H,7,14-16,18-19,22H2,1-4H3. The van der Waals surface area contributed by atoms with Crippen molar-refractivity contribution >= 4 is 17.5 Å². The van der Waals surface area contributed by atoms with E-state index in [2.05, 4.69) is 28.4 Å². The number of nitrogens with zero attached hydrogens (tertiary/aromatic N) is 6. The number of carbonyl (C=O) groups is 1. The van der Waals surface area contributed by atoms with E-state index in [1.807, 2.05) is 61.1 Å². The molecule has 8 rings (SSSR count). The molecule has 250 valence electrons. The number of allylic oxidation sites excluding steroid dienone is 1. The van der Waals surface area contributed by atoms with Gasteiger partial charge in [0.25, 0.3) is 0 Å². The van der Waals surface area contributed by atoms with Crippen LogP contribution in [-0.2, 0) is 17.8 Å². The summed E-state index contributed by atoms with van der Waals surface area (Å²) in [7, 11) is 3.98. The molecule has 7 unspecified atom stereocenters. The minimum atomic E-state index is -1.56. The fourth-order valence-corrected chi connectivity index (χ4v) is 10.2. The summed E-state index contributed by atoms with van der Waals surface area (Å²) in [5.74, 6) is -0.247. The Bertz CT molecular complexity index is 1910. The van der Waals surface area contributed by atoms with Crippen molar-refractivity contribution in [1.29, 1.82) is 0 Å². The number of aliphatic hydroxyl groups is 2. The van der Waals surface area contributed by atoms with E-state index < -0.39 is 17.1 Å². The topological polar surface area (TPSA) is 109 Å². The van der Waals surface area contributed by atoms with Gasteiger partial charge in [0, 0.05) is 30.8 Å². The van der Waals surface area contributed by atoms with Gasteiger partial charge in [-0.2, -0.15) is 5.10 Å². The van der Waals surface area contributed by atoms with Gasteiger partial charge in [0.1, 0.15) is 23.7 Å². The number of hydrogen-bond donors (Lipinski definition) is 2. The van der Waals surface area contributed by atoms with E-state index in [1.165, 1.54) is 22.4 Å². The van der Waals surface area contributed by atoms with Crippen molar-refractivity contribution in [2.75, 3.05) is 19.0 Å². The third-order valence-corrected chi connectivity index (χ3v) is 12.6. The summed E-state index contributed by atoms with van der Waals surface area (Å²) in [5, 5.41) is 37.5. The lowest BCUT2D eigenvalue weighted by Gasteiger charge is -2.60. The van der Waals surface area contributed by atoms with Gasteiger partial charge in [-0.15, -0.1) is 5.10 Å². The number of Topliss-reactive ketones (excluding diaryl/α,β-unsaturated/α-hetero) is 1. The van der Waals surface area contributed by atoms with Crippen molar-refractivity contribution in [1.82, 2.24) is 24.8 Å². The van der Waals surface area contributed by atoms with Gasteiger partial charge in [-0.25, -0.2) is 13.8 Å². The lowest BCUT2D eigenvalue weighted by molar-refractivity contribution is -0.180. The van der Waals surface area contributed by atoms with Gasteiger partial charge in [-0.1, -0.05) is 36.8 Å². The van der Waals surface area contributed by atoms with Crippen LogP contribution in [0.2, 0.25) is 0 Å². The first kappa shape index (κ1) is 31.1. The first-order valence-electron chi connectivity index (χ1n) is 17.1. The highest BCUT2D eigenvalue weighted by Gasteiger charge is 2.68. The number of rotatable bonds is 6. The molecule has 3 saturated carbocycles. The van der Waals surface area contributed by atoms with Crippen LogP contribution in [0.3, 0.4) is 0 Å². The van der Waals surface area contributed by atoms with Crippen LogP contribution in [0.5, 0.6) is 0 Å². The summed E-state index contributed by atoms with van der Waals surface area (Å²) in [6.07, 6.45) is 9.27. The Kier molecular flexibility index (Phi) is 7.09. The maximum atomic E-state index is 14.0. The van der Waals surface area contributed by atoms with Crippen LogP contribution in [-0.4, -0.2) is 66.6 Å². The Labute approximate surface area is 280 Å². The second-order valence-corrected chi connectivity index (χ2v) is 15.3. The molecule has 3 fully saturated rings. The van der Waals surface area contributed by atoms with Crippen LogP contribution in [0, 0.1) is 34.4 Å². The van der Waals surface area contributed by atoms with Gasteiger partial charge in [-0.3, -0.25) is 4.79 Å². The number of ketones is 1. The minimum absolute atomic E-state index is 0.00658. The van der Waals surface area contributed by atoms with Gasteiger partial charge >= 0.3 is 0 Å². The molecule has 7 atom stereocenters. The molecule has 2 aromatic heterocycles. The molecule has 0 saturated heterocycles. The van der Waals surface area contributed by atoms with Gasteiger partial charge in [0.2, 0.25) is 0 Å². The first-order valence-corrected chi connectivity index (χ1v) is 17.1. The summed E-state index contributed by atoms with van der Waals surface area (Å²) in [4.78, 5) is 16.1. The van der Waals surface area contributed by atoms with Crippen LogP contribution < -0.4 is 4.90 Å². The number of hydrogen-bond acceptors (Lipinski definition) is 7. The molecule has 2 N–H and O–H groups in total. The average molecular weight is 651 g/mol. The summed E-state index contributed by atoms with van der Waals surface area (Å²) in [6, 6.07) is 14.4. The fraction of sp³-hybridized carbons (Fsp3) is 0.474. The molecule has 2 heterocycles. The largest absolute Gasteiger partial charge is 0.393 e. The maximum absolute atomic E-state index is 14.0. The number of carbonyl (C=O) groups excluding carboxylic acids is 1. The number of benzene rings is 2. The van der Waals surface area contributed by atoms with Crippen LogP contribution >= 0.6 is 0 Å². The molecule has 0 spiro atoms. The molecule has 10 heteroatoms. The zero-order valence-corrected chi connectivity index (χ0v) is 28.0. The van der Waals surface area contributed by atoms with E-state index in [-0.39, 0.29) is 41.3 Å². The third kappa shape index (κ3) is 4.55. The number of halogens is 1. The summed E-state index contributed by atoms with van der Waals surface area (Å²) >= 11 is 0. The average Bonchev–Trinajstić information content (AvgIpc) is 3.76. The van der Waals surface area contributed by atoms with E-state index in [4.69, 9.17) is 0 Å². The van der Waals surface area contributed by atoms with E-state index in [9.17, 15) is 19.4 Å². The molecule has 2 aromatic carbocycles. The molecular formula is C38H43FN6O3. The molecule has 9 nitrogen and oxygen atoms in total. The number of anilines is 1. The van der Waals surface area contributed by atoms with Crippen LogP contribution in [0.1, 0.15) is 57.2 Å². The zero-order valence-electron chi connectivity index (χ0n) is 28.0. The van der Waals surface area contributed by atoms with E-state index in [0.29, 0.717) is 18.5 Å². The zero-order chi connectivity index (χ0) is 33.6. The van der Waals surface area contributed by atoms with Crippen molar-refractivity contribution < 1.29 is 19.4 Å². The molecule has 0 amide bonds. The second-order valence-electron chi connectivity index (χ2n) is 15.3. The van der Waals surface area contributed by atoms with Crippen molar-refractivity contribution in [2.24, 2.45) is 28.6 Å². The molecule has 0 bridgehead atoms. The quantitative estimate of drug-likeness (QED) is 0.284. The first-order chi connectivity index (χ1) is 22.9. The molecule has 0 aliphatic heterocycles. The third-order valence-electron chi connectivity index (χ3n) is 12.6. The minimum Gasteiger partial charge on any atom is -0.393 e. The molecule has 4 aliphatic rings. The number of aromatic nitrogens is 5. The Morgan fingerprint density at radius 2 is 1.83 bits per heavy atom. The number of fused-ring (bicyclic) bond motifs is 6. The van der Waals surface area contributed by atoms with Crippen molar-refractivity contribution in [3.05, 3.63) is 83.6 Å². The predicted molar refractivity (Wildman–Crippen MR) is 181 cm³/mol. The Balaban J connectivity index is 1.03. The van der Waals surface area contributed by atoms with E-state index in [0.717, 1.165) is 53.9 Å². The monoisotopic (exact) mass is 650 g/mol. The fourth-order valence-electron chi connectivity index (χ4n) is 10.2. The Morgan fingerprint density at radius 3 is 2.56 bits per heavy atom. The molecular weight excluding hydrogens is 607 g/mol. The SMILES string of the molecule is CN(C)c1ccc(-c2cn(CC(=O)C3(O)CCC4C5CCC6=Cc7c(cnn7-c7ccc(F)cc7)CC6(C)C5C(O)CC43C)nn2)cc1. The van der Waals surface area contributed by atoms with Crippen molar-refractivity contribution in [2.45, 2.75) is 70.6 Å². The van der Waals surface area contributed by atoms with Gasteiger partial charge in [-0.05, 0) is 110 Å². The van der Waals surface area contributed by atoms with E-state index in [1.54, 1.807) is 18.3 Å². The van der Waals surface area contributed by atoms with Crippen LogP contribution in [0.15, 0.2) is 66.5 Å². The van der Waals surface area contributed by atoms with E-state index >= 15 is 0 Å². The van der Waals surface area contributed by atoms with Gasteiger partial charge < -0.3 is 15.1 Å². The van der Waals surface area contributed by atoms with Gasteiger partial charge in [0.05, 0.1) is 29.9 Å². The number of aliphatic hydroxyl groups excluding tert-OH is 1. The highest BCUT2D eigenvalue weighted by molar-refractivity contribution is 5.88. The summed E-state index contributed by atoms with van der Waals surface area (Å²) in [6.45, 7) is 4.24. The molecule has 48 heavy (non-hydrogen) atoms. The normalized spacial score (nSPS) is 32.1. The second kappa shape index (κ2) is 10.9. The smallest absolute Gasteiger partial charge is 0.186 e. The molecule has 4 aromatic rings. The lowest BCUT2D eigenvalue weighted by Crippen LogP contribution is -2.62. The van der Waals surface area contributed by atoms with Gasteiger partial charge in [0.15, 0.2) is 5.78 Å². The molecule has 4 aliphatic carbocycles. The predicted octanol–water partition coefficient (Wildman–Crippen LogP) is 5.49. The van der Waals surface area contributed by atoms with Crippen molar-refractivity contribution in [3.63, 3.8) is 0 Å². The summed E-state index contributed by atoms with van der Waals surface area (Å²) in [5.41, 5.74) is 4.35. The highest BCUT2D eigenvalue weighted by atomic mass is 19.1. The maximum Gasteiger partial charge on any atom is 0.186 e. The van der Waals surface area contributed by atoms with Crippen LogP contribution in [0.25, 0.3) is 23.0 Å². The lowest BCUT2D eigenvalue weighted by atomic mass is 9.45. The van der Waals surface area contributed by atoms with Crippen LogP contribution in [0.4, 0.5) is 10.1 Å². The Morgan fingerprint density at radius 1 is 1.08 bits per heavy atom. The Hall–Kier alpha value is -4.15. The van der Waals surface area contributed by atoms with Crippen molar-refractivity contribution in [3.8, 4) is 16.9 Å². The molecule has 0 radical (unpaired) electrons. The highest BCUT2D eigenvalue weighted by Crippen LogP contribution is 2.67. The summed E-state index contributed by atoms with van der Waals surface area (Å²) < 4.78 is 17.0.